The molecule has 0 fully saturated rings. The average molecular weight is 330 g/mol. The summed E-state index contributed by atoms with van der Waals surface area (Å²) in [7, 11) is 0. The third-order valence-electron chi connectivity index (χ3n) is 4.56. The van der Waals surface area contributed by atoms with Crippen LogP contribution in [0.2, 0.25) is 0 Å². The molecule has 0 saturated heterocycles. The fraction of sp³-hybridized carbons (Fsp3) is 0.389. The molecule has 4 nitrogen and oxygen atoms in total. The standard InChI is InChI=1S/C18H22N2O2S/c1-13(16-7-4-10-23-16)20-17(22)11-19-18(12-21)9-8-14-5-2-3-6-15(14)18/h2-7,10,13,19,21H,8-9,11-12H2,1H3,(H,20,22). The zero-order valence-electron chi connectivity index (χ0n) is 13.2. The van der Waals surface area contributed by atoms with Crippen molar-refractivity contribution < 1.29 is 9.90 Å². The highest BCUT2D eigenvalue weighted by atomic mass is 32.1. The van der Waals surface area contributed by atoms with E-state index >= 15 is 0 Å². The lowest BCUT2D eigenvalue weighted by Crippen LogP contribution is -2.48. The number of carbonyl (C=O) groups is 1. The molecule has 2 atom stereocenters. The fourth-order valence-corrected chi connectivity index (χ4v) is 3.98. The Morgan fingerprint density at radius 1 is 1.35 bits per heavy atom. The average Bonchev–Trinajstić information content (AvgIpc) is 3.22. The van der Waals surface area contributed by atoms with Crippen LogP contribution in [0, 0.1) is 0 Å². The summed E-state index contributed by atoms with van der Waals surface area (Å²) in [6.45, 7) is 2.18. The first-order valence-electron chi connectivity index (χ1n) is 7.92. The van der Waals surface area contributed by atoms with Gasteiger partial charge in [0.05, 0.1) is 24.7 Å². The van der Waals surface area contributed by atoms with Crippen LogP contribution < -0.4 is 10.6 Å². The van der Waals surface area contributed by atoms with Gasteiger partial charge in [-0.3, -0.25) is 10.1 Å². The summed E-state index contributed by atoms with van der Waals surface area (Å²) in [5.74, 6) is -0.0527. The van der Waals surface area contributed by atoms with Gasteiger partial charge >= 0.3 is 0 Å². The maximum atomic E-state index is 12.2. The van der Waals surface area contributed by atoms with E-state index in [9.17, 15) is 9.90 Å². The molecule has 1 aliphatic rings. The monoisotopic (exact) mass is 330 g/mol. The molecule has 3 N–H and O–H groups in total. The Morgan fingerprint density at radius 3 is 2.91 bits per heavy atom. The molecule has 1 aliphatic carbocycles. The second-order valence-electron chi connectivity index (χ2n) is 6.06. The van der Waals surface area contributed by atoms with E-state index in [2.05, 4.69) is 16.7 Å². The Labute approximate surface area is 140 Å². The van der Waals surface area contributed by atoms with Crippen LogP contribution in [-0.4, -0.2) is 24.2 Å². The highest BCUT2D eigenvalue weighted by Crippen LogP contribution is 2.36. The Morgan fingerprint density at radius 2 is 2.17 bits per heavy atom. The Kier molecular flexibility index (Phi) is 4.80. The van der Waals surface area contributed by atoms with E-state index in [1.807, 2.05) is 42.6 Å². The van der Waals surface area contributed by atoms with Gasteiger partial charge in [-0.05, 0) is 42.3 Å². The molecule has 2 aromatic rings. The van der Waals surface area contributed by atoms with Gasteiger partial charge in [-0.1, -0.05) is 30.3 Å². The van der Waals surface area contributed by atoms with Crippen molar-refractivity contribution in [1.29, 1.82) is 0 Å². The van der Waals surface area contributed by atoms with E-state index in [1.165, 1.54) is 5.56 Å². The molecule has 0 spiro atoms. The summed E-state index contributed by atoms with van der Waals surface area (Å²) in [6.07, 6.45) is 1.74. The molecule has 0 radical (unpaired) electrons. The molecule has 0 bridgehead atoms. The normalized spacial score (nSPS) is 21.0. The lowest BCUT2D eigenvalue weighted by atomic mass is 9.92. The van der Waals surface area contributed by atoms with Crippen molar-refractivity contribution in [3.05, 3.63) is 57.8 Å². The maximum Gasteiger partial charge on any atom is 0.234 e. The quantitative estimate of drug-likeness (QED) is 0.762. The first-order valence-corrected chi connectivity index (χ1v) is 8.79. The first kappa shape index (κ1) is 16.2. The highest BCUT2D eigenvalue weighted by Gasteiger charge is 2.37. The van der Waals surface area contributed by atoms with Crippen LogP contribution in [0.15, 0.2) is 41.8 Å². The molecule has 3 rings (SSSR count). The minimum atomic E-state index is -0.500. The summed E-state index contributed by atoms with van der Waals surface area (Å²) >= 11 is 1.64. The van der Waals surface area contributed by atoms with Gasteiger partial charge in [0.1, 0.15) is 0 Å². The summed E-state index contributed by atoms with van der Waals surface area (Å²) in [6, 6.07) is 12.1. The van der Waals surface area contributed by atoms with Crippen molar-refractivity contribution in [2.24, 2.45) is 0 Å². The van der Waals surface area contributed by atoms with E-state index in [4.69, 9.17) is 0 Å². The summed E-state index contributed by atoms with van der Waals surface area (Å²) in [5.41, 5.74) is 1.86. The van der Waals surface area contributed by atoms with Gasteiger partial charge in [0.15, 0.2) is 0 Å². The fourth-order valence-electron chi connectivity index (χ4n) is 3.24. The smallest absolute Gasteiger partial charge is 0.234 e. The van der Waals surface area contributed by atoms with Crippen molar-refractivity contribution >= 4 is 17.2 Å². The van der Waals surface area contributed by atoms with Gasteiger partial charge in [0.25, 0.3) is 0 Å². The number of aliphatic hydroxyl groups is 1. The minimum absolute atomic E-state index is 0.00221. The number of thiophene rings is 1. The number of rotatable bonds is 6. The second-order valence-corrected chi connectivity index (χ2v) is 7.03. The van der Waals surface area contributed by atoms with E-state index in [0.717, 1.165) is 23.3 Å². The van der Waals surface area contributed by atoms with E-state index < -0.39 is 5.54 Å². The molecule has 0 aliphatic heterocycles. The number of hydrogen-bond donors (Lipinski definition) is 3. The third kappa shape index (κ3) is 3.32. The predicted molar refractivity (Wildman–Crippen MR) is 92.4 cm³/mol. The molecule has 0 saturated carbocycles. The van der Waals surface area contributed by atoms with Crippen molar-refractivity contribution in [1.82, 2.24) is 10.6 Å². The topological polar surface area (TPSA) is 61.4 Å². The molecular weight excluding hydrogens is 308 g/mol. The molecule has 5 heteroatoms. The highest BCUT2D eigenvalue weighted by molar-refractivity contribution is 7.10. The van der Waals surface area contributed by atoms with Crippen molar-refractivity contribution in [2.75, 3.05) is 13.2 Å². The number of aliphatic hydroxyl groups excluding tert-OH is 1. The predicted octanol–water partition coefficient (Wildman–Crippen LogP) is 2.35. The Balaban J connectivity index is 1.62. The Bertz CT molecular complexity index is 671. The van der Waals surface area contributed by atoms with E-state index in [0.29, 0.717) is 0 Å². The number of carbonyl (C=O) groups excluding carboxylic acids is 1. The van der Waals surface area contributed by atoms with Crippen LogP contribution in [0.25, 0.3) is 0 Å². The van der Waals surface area contributed by atoms with Gasteiger partial charge in [-0.25, -0.2) is 0 Å². The number of fused-ring (bicyclic) bond motifs is 1. The lowest BCUT2D eigenvalue weighted by Gasteiger charge is -2.29. The van der Waals surface area contributed by atoms with Crippen LogP contribution in [0.4, 0.5) is 0 Å². The van der Waals surface area contributed by atoms with Crippen molar-refractivity contribution in [2.45, 2.75) is 31.3 Å². The number of benzene rings is 1. The molecule has 1 aromatic carbocycles. The molecule has 23 heavy (non-hydrogen) atoms. The maximum absolute atomic E-state index is 12.2. The zero-order valence-corrected chi connectivity index (χ0v) is 14.0. The summed E-state index contributed by atoms with van der Waals surface area (Å²) in [5, 5.41) is 18.2. The number of amides is 1. The van der Waals surface area contributed by atoms with Gasteiger partial charge in [0.2, 0.25) is 5.91 Å². The molecule has 122 valence electrons. The van der Waals surface area contributed by atoms with Gasteiger partial charge in [-0.15, -0.1) is 11.3 Å². The molecule has 1 heterocycles. The van der Waals surface area contributed by atoms with Crippen LogP contribution in [0.1, 0.15) is 35.4 Å². The molecular formula is C18H22N2O2S. The Hall–Kier alpha value is -1.69. The summed E-state index contributed by atoms with van der Waals surface area (Å²) < 4.78 is 0. The lowest BCUT2D eigenvalue weighted by molar-refractivity contribution is -0.121. The van der Waals surface area contributed by atoms with Gasteiger partial charge in [-0.2, -0.15) is 0 Å². The van der Waals surface area contributed by atoms with Crippen molar-refractivity contribution in [3.8, 4) is 0 Å². The van der Waals surface area contributed by atoms with Crippen LogP contribution in [0.5, 0.6) is 0 Å². The molecule has 1 amide bonds. The second kappa shape index (κ2) is 6.83. The van der Waals surface area contributed by atoms with Crippen molar-refractivity contribution in [3.63, 3.8) is 0 Å². The number of nitrogens with one attached hydrogen (secondary N) is 2. The van der Waals surface area contributed by atoms with Gasteiger partial charge < -0.3 is 10.4 Å². The number of hydrogen-bond acceptors (Lipinski definition) is 4. The van der Waals surface area contributed by atoms with Gasteiger partial charge in [0, 0.05) is 4.88 Å². The molecule has 1 aromatic heterocycles. The first-order chi connectivity index (χ1) is 11.1. The van der Waals surface area contributed by atoms with E-state index in [-0.39, 0.29) is 25.1 Å². The van der Waals surface area contributed by atoms with Crippen LogP contribution >= 0.6 is 11.3 Å². The van der Waals surface area contributed by atoms with Crippen LogP contribution in [0.3, 0.4) is 0 Å². The largest absolute Gasteiger partial charge is 0.394 e. The van der Waals surface area contributed by atoms with E-state index in [1.54, 1.807) is 11.3 Å². The molecule has 2 unspecified atom stereocenters. The number of aryl methyl sites for hydroxylation is 1. The SMILES string of the molecule is CC(NC(=O)CNC1(CO)CCc2ccccc21)c1cccs1. The minimum Gasteiger partial charge on any atom is -0.394 e. The summed E-state index contributed by atoms with van der Waals surface area (Å²) in [4.78, 5) is 13.4. The zero-order chi connectivity index (χ0) is 16.3. The third-order valence-corrected chi connectivity index (χ3v) is 5.61. The van der Waals surface area contributed by atoms with Crippen LogP contribution in [-0.2, 0) is 16.8 Å².